The molecule has 0 bridgehead atoms. The summed E-state index contributed by atoms with van der Waals surface area (Å²) in [4.78, 5) is 85.3. The molecule has 0 aromatic carbocycles. The second-order valence-electron chi connectivity index (χ2n) is 11.8. The Morgan fingerprint density at radius 2 is 1.28 bits per heavy atom. The van der Waals surface area contributed by atoms with Gasteiger partial charge in [-0.25, -0.2) is 0 Å². The molecule has 0 radical (unpaired) electrons. The maximum absolute atomic E-state index is 12.5. The number of hydrogen-bond acceptors (Lipinski definition) is 19. The van der Waals surface area contributed by atoms with Gasteiger partial charge in [0, 0.05) is 48.0 Å². The zero-order valence-electron chi connectivity index (χ0n) is 29.1. The van der Waals surface area contributed by atoms with E-state index in [1.165, 1.54) is 0 Å². The van der Waals surface area contributed by atoms with Crippen molar-refractivity contribution in [3.05, 3.63) is 0 Å². The molecule has 50 heavy (non-hydrogen) atoms. The van der Waals surface area contributed by atoms with Crippen LogP contribution in [0.1, 0.15) is 68.2 Å². The van der Waals surface area contributed by atoms with Crippen molar-refractivity contribution in [2.45, 2.75) is 129 Å². The van der Waals surface area contributed by atoms with E-state index in [1.54, 1.807) is 13.8 Å². The SMILES string of the molecule is CCOC(=O)CCC1(C)OC[C@H]2O[C@H](O[C@]3(COC(C)=O)O[C@H](COC(C)=O)[C@@H](OC(C)=O)[C@@H]3OC(C)=O)[C@H](OC(C)=O)[C@@H](OC(C)=O)[C@@H]2O1. The molecule has 10 atom stereocenters. The summed E-state index contributed by atoms with van der Waals surface area (Å²) in [5, 5.41) is 0. The lowest BCUT2D eigenvalue weighted by Gasteiger charge is -2.51. The highest BCUT2D eigenvalue weighted by atomic mass is 16.8. The Bertz CT molecular complexity index is 1280. The number of carbonyl (C=O) groups excluding carboxylic acids is 7. The van der Waals surface area contributed by atoms with E-state index in [2.05, 4.69) is 0 Å². The number of rotatable bonds is 14. The average molecular weight is 721 g/mol. The number of fused-ring (bicyclic) bond motifs is 1. The van der Waals surface area contributed by atoms with E-state index in [4.69, 9.17) is 56.8 Å². The van der Waals surface area contributed by atoms with Crippen LogP contribution in [0.4, 0.5) is 0 Å². The van der Waals surface area contributed by atoms with Gasteiger partial charge in [0.05, 0.1) is 19.6 Å². The first-order valence-corrected chi connectivity index (χ1v) is 15.8. The van der Waals surface area contributed by atoms with Crippen molar-refractivity contribution in [2.24, 2.45) is 0 Å². The third-order valence-electron chi connectivity index (χ3n) is 7.51. The van der Waals surface area contributed by atoms with Crippen molar-refractivity contribution in [1.82, 2.24) is 0 Å². The predicted molar refractivity (Wildman–Crippen MR) is 158 cm³/mol. The van der Waals surface area contributed by atoms with E-state index in [1.807, 2.05) is 0 Å². The van der Waals surface area contributed by atoms with E-state index in [-0.39, 0.29) is 26.1 Å². The summed E-state index contributed by atoms with van der Waals surface area (Å²) in [5.41, 5.74) is 0. The second kappa shape index (κ2) is 17.3. The summed E-state index contributed by atoms with van der Waals surface area (Å²) in [5.74, 6) is -9.29. The fraction of sp³-hybridized carbons (Fsp3) is 0.774. The topological polar surface area (TPSA) is 230 Å². The third-order valence-corrected chi connectivity index (χ3v) is 7.51. The summed E-state index contributed by atoms with van der Waals surface area (Å²) < 4.78 is 68.2. The van der Waals surface area contributed by atoms with Crippen molar-refractivity contribution < 1.29 is 90.4 Å². The molecule has 3 saturated heterocycles. The van der Waals surface area contributed by atoms with Gasteiger partial charge in [0.2, 0.25) is 12.1 Å². The molecule has 3 aliphatic rings. The molecule has 0 N–H and O–H groups in total. The van der Waals surface area contributed by atoms with Gasteiger partial charge in [-0.15, -0.1) is 0 Å². The van der Waals surface area contributed by atoms with Crippen LogP contribution in [0.25, 0.3) is 0 Å². The van der Waals surface area contributed by atoms with Crippen molar-refractivity contribution >= 4 is 41.8 Å². The van der Waals surface area contributed by atoms with E-state index in [0.29, 0.717) is 0 Å². The first-order valence-electron chi connectivity index (χ1n) is 15.8. The molecule has 0 aromatic heterocycles. The number of ether oxygens (including phenoxy) is 12. The van der Waals surface area contributed by atoms with Crippen molar-refractivity contribution in [2.75, 3.05) is 26.4 Å². The number of esters is 7. The van der Waals surface area contributed by atoms with Crippen LogP contribution in [0.3, 0.4) is 0 Å². The molecule has 0 aromatic rings. The van der Waals surface area contributed by atoms with Crippen molar-refractivity contribution in [1.29, 1.82) is 0 Å². The Kier molecular flexibility index (Phi) is 14.1. The molecule has 1 unspecified atom stereocenters. The highest BCUT2D eigenvalue weighted by Gasteiger charge is 2.65. The lowest BCUT2D eigenvalue weighted by Crippen LogP contribution is -2.68. The molecule has 19 heteroatoms. The first kappa shape index (κ1) is 40.5. The summed E-state index contributed by atoms with van der Waals surface area (Å²) in [6, 6.07) is 0. The van der Waals surface area contributed by atoms with Crippen LogP contribution in [0.15, 0.2) is 0 Å². The zero-order valence-corrected chi connectivity index (χ0v) is 29.1. The van der Waals surface area contributed by atoms with Crippen LogP contribution in [0, 0.1) is 0 Å². The Balaban J connectivity index is 2.08. The van der Waals surface area contributed by atoms with Crippen LogP contribution >= 0.6 is 0 Å². The normalized spacial score (nSPS) is 33.2. The largest absolute Gasteiger partial charge is 0.466 e. The summed E-state index contributed by atoms with van der Waals surface area (Å²) in [7, 11) is 0. The Morgan fingerprint density at radius 3 is 1.84 bits per heavy atom. The zero-order chi connectivity index (χ0) is 37.4. The van der Waals surface area contributed by atoms with Crippen molar-refractivity contribution in [3.63, 3.8) is 0 Å². The van der Waals surface area contributed by atoms with Gasteiger partial charge >= 0.3 is 41.8 Å². The number of hydrogen-bond donors (Lipinski definition) is 0. The minimum Gasteiger partial charge on any atom is -0.466 e. The highest BCUT2D eigenvalue weighted by molar-refractivity contribution is 5.70. The minimum absolute atomic E-state index is 0.0324. The van der Waals surface area contributed by atoms with E-state index in [9.17, 15) is 33.6 Å². The molecule has 3 aliphatic heterocycles. The average Bonchev–Trinajstić information content (AvgIpc) is 3.26. The molecule has 0 spiro atoms. The van der Waals surface area contributed by atoms with Gasteiger partial charge in [0.25, 0.3) is 0 Å². The standard InChI is InChI=1S/C31H44O19/c1-9-39-23(38)10-11-30(8)42-13-21-24(49-30)26(44-18(5)35)27(45-19(6)36)29(47-21)50-31(14-41-16(3)33)28(46-20(7)37)25(43-17(4)34)22(48-31)12-40-15(2)32/h21-22,24-29H,9-14H2,1-8H3/t21-,22-,24-,25-,26+,27-,28+,29-,30?,31+/m1/s1. The van der Waals surface area contributed by atoms with Crippen LogP contribution < -0.4 is 0 Å². The van der Waals surface area contributed by atoms with Crippen molar-refractivity contribution in [3.8, 4) is 0 Å². The third kappa shape index (κ3) is 10.8. The Labute approximate surface area is 287 Å². The Morgan fingerprint density at radius 1 is 0.700 bits per heavy atom. The smallest absolute Gasteiger partial charge is 0.305 e. The molecule has 0 aliphatic carbocycles. The molecule has 19 nitrogen and oxygen atoms in total. The molecular weight excluding hydrogens is 676 g/mol. The first-order chi connectivity index (χ1) is 23.4. The molecule has 0 amide bonds. The van der Waals surface area contributed by atoms with Crippen LogP contribution in [-0.2, 0) is 90.4 Å². The maximum atomic E-state index is 12.5. The van der Waals surface area contributed by atoms with E-state index in [0.717, 1.165) is 41.5 Å². The van der Waals surface area contributed by atoms with Crippen LogP contribution in [0.2, 0.25) is 0 Å². The van der Waals surface area contributed by atoms with E-state index < -0.39 is 116 Å². The van der Waals surface area contributed by atoms with Gasteiger partial charge in [-0.05, 0) is 13.8 Å². The molecule has 3 fully saturated rings. The van der Waals surface area contributed by atoms with E-state index >= 15 is 0 Å². The molecule has 0 saturated carbocycles. The van der Waals surface area contributed by atoms with Gasteiger partial charge in [-0.1, -0.05) is 0 Å². The summed E-state index contributed by atoms with van der Waals surface area (Å²) in [6.07, 6.45) is -11.7. The van der Waals surface area contributed by atoms with Gasteiger partial charge in [-0.3, -0.25) is 33.6 Å². The van der Waals surface area contributed by atoms with Gasteiger partial charge in [0.15, 0.2) is 30.2 Å². The second-order valence-corrected chi connectivity index (χ2v) is 11.8. The monoisotopic (exact) mass is 720 g/mol. The predicted octanol–water partition coefficient (Wildman–Crippen LogP) is 0.151. The Hall–Kier alpha value is -3.91. The summed E-state index contributed by atoms with van der Waals surface area (Å²) in [6.45, 7) is 8.26. The molecule has 3 rings (SSSR count). The maximum Gasteiger partial charge on any atom is 0.305 e. The summed E-state index contributed by atoms with van der Waals surface area (Å²) >= 11 is 0. The minimum atomic E-state index is -2.39. The molecular formula is C31H44O19. The van der Waals surface area contributed by atoms with Gasteiger partial charge in [0.1, 0.15) is 31.5 Å². The van der Waals surface area contributed by atoms with Crippen LogP contribution in [-0.4, -0.2) is 129 Å². The van der Waals surface area contributed by atoms with Gasteiger partial charge < -0.3 is 56.8 Å². The lowest BCUT2D eigenvalue weighted by molar-refractivity contribution is -0.418. The fourth-order valence-electron chi connectivity index (χ4n) is 5.64. The molecule has 282 valence electrons. The lowest BCUT2D eigenvalue weighted by atomic mass is 9.95. The van der Waals surface area contributed by atoms with Crippen LogP contribution in [0.5, 0.6) is 0 Å². The van der Waals surface area contributed by atoms with Gasteiger partial charge in [-0.2, -0.15) is 0 Å². The fourth-order valence-corrected chi connectivity index (χ4v) is 5.64. The molecule has 3 heterocycles. The number of carbonyl (C=O) groups is 7. The highest BCUT2D eigenvalue weighted by Crippen LogP contribution is 2.43. The quantitative estimate of drug-likeness (QED) is 0.172.